The molecule has 1 saturated carbocycles. The molecule has 1 heterocycles. The quantitative estimate of drug-likeness (QED) is 0.514. The van der Waals surface area contributed by atoms with Crippen molar-refractivity contribution in [3.05, 3.63) is 12.7 Å². The number of rotatable bonds is 1. The maximum absolute atomic E-state index is 11.3. The lowest BCUT2D eigenvalue weighted by Crippen LogP contribution is -2.42. The molecule has 0 spiro atoms. The van der Waals surface area contributed by atoms with Gasteiger partial charge in [-0.3, -0.25) is 0 Å². The van der Waals surface area contributed by atoms with E-state index in [0.717, 1.165) is 19.3 Å². The molecular weight excluding hydrogens is 216 g/mol. The van der Waals surface area contributed by atoms with Crippen LogP contribution < -0.4 is 0 Å². The molecule has 2 fully saturated rings. The molecule has 3 heteroatoms. The summed E-state index contributed by atoms with van der Waals surface area (Å²) in [6, 6.07) is 0. The van der Waals surface area contributed by atoms with Crippen molar-refractivity contribution in [2.75, 3.05) is 0 Å². The van der Waals surface area contributed by atoms with E-state index in [9.17, 15) is 4.79 Å². The van der Waals surface area contributed by atoms with Gasteiger partial charge in [0.2, 0.25) is 0 Å². The average Bonchev–Trinajstić information content (AvgIpc) is 2.34. The molecule has 3 nitrogen and oxygen atoms in total. The normalized spacial score (nSPS) is 35.1. The Morgan fingerprint density at radius 2 is 1.65 bits per heavy atom. The third-order valence-electron chi connectivity index (χ3n) is 3.89. The Balaban J connectivity index is 2.03. The lowest BCUT2D eigenvalue weighted by atomic mass is 9.85. The van der Waals surface area contributed by atoms with Crippen LogP contribution in [0.1, 0.15) is 51.4 Å². The summed E-state index contributed by atoms with van der Waals surface area (Å²) in [5, 5.41) is 0. The maximum atomic E-state index is 11.3. The van der Waals surface area contributed by atoms with E-state index >= 15 is 0 Å². The van der Waals surface area contributed by atoms with Gasteiger partial charge in [0.15, 0.2) is 0 Å². The summed E-state index contributed by atoms with van der Waals surface area (Å²) in [7, 11) is 0. The summed E-state index contributed by atoms with van der Waals surface area (Å²) in [5.74, 6) is 0.309. The first-order chi connectivity index (χ1) is 8.31. The van der Waals surface area contributed by atoms with Crippen molar-refractivity contribution in [3.63, 3.8) is 0 Å². The zero-order chi connectivity index (χ0) is 12.1. The predicted molar refractivity (Wildman–Crippen MR) is 65.8 cm³/mol. The Morgan fingerprint density at radius 3 is 2.35 bits per heavy atom. The fourth-order valence-corrected chi connectivity index (χ4v) is 2.93. The lowest BCUT2D eigenvalue weighted by molar-refractivity contribution is -0.0901. The number of hydrogen-bond acceptors (Lipinski definition) is 3. The SMILES string of the molecule is C=CC1OC(=O)OC2CCCCCCCCC12. The molecule has 2 rings (SSSR count). The Labute approximate surface area is 103 Å². The molecule has 2 aliphatic rings. The molecule has 17 heavy (non-hydrogen) atoms. The number of fused-ring (bicyclic) bond motifs is 1. The van der Waals surface area contributed by atoms with Crippen LogP contribution >= 0.6 is 0 Å². The van der Waals surface area contributed by atoms with Crippen molar-refractivity contribution in [1.82, 2.24) is 0 Å². The first-order valence-corrected chi connectivity index (χ1v) is 6.81. The van der Waals surface area contributed by atoms with Gasteiger partial charge in [0, 0.05) is 5.92 Å². The van der Waals surface area contributed by atoms with Gasteiger partial charge in [0.05, 0.1) is 0 Å². The molecule has 3 atom stereocenters. The van der Waals surface area contributed by atoms with Crippen LogP contribution in [0, 0.1) is 5.92 Å². The van der Waals surface area contributed by atoms with Gasteiger partial charge in [0.25, 0.3) is 0 Å². The fourth-order valence-electron chi connectivity index (χ4n) is 2.93. The third kappa shape index (κ3) is 3.24. The van der Waals surface area contributed by atoms with Crippen molar-refractivity contribution >= 4 is 6.16 Å². The van der Waals surface area contributed by atoms with Crippen molar-refractivity contribution in [1.29, 1.82) is 0 Å². The van der Waals surface area contributed by atoms with Gasteiger partial charge in [0.1, 0.15) is 12.2 Å². The topological polar surface area (TPSA) is 35.5 Å². The summed E-state index contributed by atoms with van der Waals surface area (Å²) in [6.45, 7) is 3.77. The van der Waals surface area contributed by atoms with E-state index in [2.05, 4.69) is 6.58 Å². The van der Waals surface area contributed by atoms with Gasteiger partial charge in [-0.25, -0.2) is 4.79 Å². The Bertz CT molecular complexity index is 275. The number of ether oxygens (including phenoxy) is 2. The van der Waals surface area contributed by atoms with Crippen LogP contribution in [-0.2, 0) is 9.47 Å². The largest absolute Gasteiger partial charge is 0.509 e. The molecule has 0 radical (unpaired) electrons. The molecule has 0 aromatic rings. The van der Waals surface area contributed by atoms with Gasteiger partial charge >= 0.3 is 6.16 Å². The zero-order valence-corrected chi connectivity index (χ0v) is 10.4. The smallest absolute Gasteiger partial charge is 0.431 e. The van der Waals surface area contributed by atoms with Gasteiger partial charge in [-0.2, -0.15) is 0 Å². The van der Waals surface area contributed by atoms with Crippen molar-refractivity contribution < 1.29 is 14.3 Å². The summed E-state index contributed by atoms with van der Waals surface area (Å²) in [5.41, 5.74) is 0. The van der Waals surface area contributed by atoms with Gasteiger partial charge in [-0.1, -0.05) is 44.8 Å². The van der Waals surface area contributed by atoms with Crippen LogP contribution in [0.3, 0.4) is 0 Å². The molecule has 0 amide bonds. The number of carbonyl (C=O) groups is 1. The molecule has 0 aromatic heterocycles. The molecule has 3 unspecified atom stereocenters. The maximum Gasteiger partial charge on any atom is 0.509 e. The highest BCUT2D eigenvalue weighted by Crippen LogP contribution is 2.32. The van der Waals surface area contributed by atoms with E-state index in [4.69, 9.17) is 9.47 Å². The summed E-state index contributed by atoms with van der Waals surface area (Å²) < 4.78 is 10.5. The van der Waals surface area contributed by atoms with Gasteiger partial charge in [-0.05, 0) is 19.3 Å². The highest BCUT2D eigenvalue weighted by atomic mass is 16.7. The first-order valence-electron chi connectivity index (χ1n) is 6.81. The summed E-state index contributed by atoms with van der Waals surface area (Å²) in [4.78, 5) is 11.3. The fraction of sp³-hybridized carbons (Fsp3) is 0.786. The Kier molecular flexibility index (Phi) is 4.46. The van der Waals surface area contributed by atoms with Crippen LogP contribution in [0.2, 0.25) is 0 Å². The molecule has 0 N–H and O–H groups in total. The van der Waals surface area contributed by atoms with Crippen LogP contribution in [0.25, 0.3) is 0 Å². The van der Waals surface area contributed by atoms with E-state index in [0.29, 0.717) is 5.92 Å². The van der Waals surface area contributed by atoms with Gasteiger partial charge < -0.3 is 9.47 Å². The van der Waals surface area contributed by atoms with Crippen molar-refractivity contribution in [2.24, 2.45) is 5.92 Å². The minimum atomic E-state index is -0.520. The predicted octanol–water partition coefficient (Wildman–Crippen LogP) is 3.83. The summed E-state index contributed by atoms with van der Waals surface area (Å²) >= 11 is 0. The highest BCUT2D eigenvalue weighted by Gasteiger charge is 2.37. The molecule has 1 aliphatic carbocycles. The second-order valence-corrected chi connectivity index (χ2v) is 5.09. The van der Waals surface area contributed by atoms with E-state index in [1.165, 1.54) is 32.1 Å². The van der Waals surface area contributed by atoms with Crippen LogP contribution in [0.4, 0.5) is 4.79 Å². The van der Waals surface area contributed by atoms with E-state index < -0.39 is 6.16 Å². The van der Waals surface area contributed by atoms with E-state index in [1.54, 1.807) is 6.08 Å². The van der Waals surface area contributed by atoms with Crippen molar-refractivity contribution in [2.45, 2.75) is 63.6 Å². The molecule has 1 aliphatic heterocycles. The van der Waals surface area contributed by atoms with Crippen molar-refractivity contribution in [3.8, 4) is 0 Å². The standard InChI is InChI=1S/C14H22O3/c1-2-12-11-9-7-5-3-4-6-8-10-13(11)17-14(15)16-12/h2,11-13H,1,3-10H2. The molecule has 0 aromatic carbocycles. The lowest BCUT2D eigenvalue weighted by Gasteiger charge is -2.36. The number of carbonyl (C=O) groups excluding carboxylic acids is 1. The van der Waals surface area contributed by atoms with Crippen LogP contribution in [0.5, 0.6) is 0 Å². The minimum Gasteiger partial charge on any atom is -0.431 e. The monoisotopic (exact) mass is 238 g/mol. The number of cyclic esters (lactones) is 1. The zero-order valence-electron chi connectivity index (χ0n) is 10.4. The second-order valence-electron chi connectivity index (χ2n) is 5.09. The van der Waals surface area contributed by atoms with E-state index in [1.807, 2.05) is 0 Å². The molecule has 96 valence electrons. The first kappa shape index (κ1) is 12.5. The van der Waals surface area contributed by atoms with Gasteiger partial charge in [-0.15, -0.1) is 0 Å². The summed E-state index contributed by atoms with van der Waals surface area (Å²) in [6.07, 6.45) is 10.7. The highest BCUT2D eigenvalue weighted by molar-refractivity contribution is 5.61. The Morgan fingerprint density at radius 1 is 1.00 bits per heavy atom. The van der Waals surface area contributed by atoms with Crippen LogP contribution in [-0.4, -0.2) is 18.4 Å². The third-order valence-corrected chi connectivity index (χ3v) is 3.89. The minimum absolute atomic E-state index is 0.0392. The number of hydrogen-bond donors (Lipinski definition) is 0. The Hall–Kier alpha value is -0.990. The molecule has 1 saturated heterocycles. The van der Waals surface area contributed by atoms with E-state index in [-0.39, 0.29) is 12.2 Å². The molecule has 0 bridgehead atoms. The average molecular weight is 238 g/mol. The molecular formula is C14H22O3. The van der Waals surface area contributed by atoms with Crippen LogP contribution in [0.15, 0.2) is 12.7 Å². The second kappa shape index (κ2) is 6.08.